The Morgan fingerprint density at radius 3 is 2.40 bits per heavy atom. The van der Waals surface area contributed by atoms with E-state index in [1.165, 1.54) is 9.96 Å². The van der Waals surface area contributed by atoms with E-state index in [-0.39, 0.29) is 18.7 Å². The summed E-state index contributed by atoms with van der Waals surface area (Å²) in [4.78, 5) is 44.5. The van der Waals surface area contributed by atoms with E-state index in [2.05, 4.69) is 16.2 Å². The van der Waals surface area contributed by atoms with Crippen molar-refractivity contribution in [2.24, 2.45) is 0 Å². The lowest BCUT2D eigenvalue weighted by atomic mass is 10.0. The van der Waals surface area contributed by atoms with Gasteiger partial charge in [-0.1, -0.05) is 48.5 Å². The van der Waals surface area contributed by atoms with Gasteiger partial charge in [-0.2, -0.15) is 5.06 Å². The number of benzene rings is 2. The highest BCUT2D eigenvalue weighted by atomic mass is 16.7. The Morgan fingerprint density at radius 1 is 0.967 bits per heavy atom. The lowest BCUT2D eigenvalue weighted by Crippen LogP contribution is -2.54. The third-order valence-corrected chi connectivity index (χ3v) is 5.17. The van der Waals surface area contributed by atoms with E-state index < -0.39 is 18.0 Å². The van der Waals surface area contributed by atoms with Gasteiger partial charge in [0.2, 0.25) is 0 Å². The minimum atomic E-state index is -0.656. The first-order valence-corrected chi connectivity index (χ1v) is 9.80. The summed E-state index contributed by atoms with van der Waals surface area (Å²) in [6, 6.07) is 16.8. The molecule has 2 aliphatic rings. The number of rotatable bonds is 5. The summed E-state index contributed by atoms with van der Waals surface area (Å²) in [5.41, 5.74) is 6.29. The first-order chi connectivity index (χ1) is 14.6. The lowest BCUT2D eigenvalue weighted by molar-refractivity contribution is -0.140. The molecule has 3 N–H and O–H groups in total. The van der Waals surface area contributed by atoms with Crippen molar-refractivity contribution in [1.82, 2.24) is 20.8 Å². The van der Waals surface area contributed by atoms with Gasteiger partial charge in [-0.25, -0.2) is 15.0 Å². The summed E-state index contributed by atoms with van der Waals surface area (Å²) in [6.45, 7) is 0.705. The predicted octanol–water partition coefficient (Wildman–Crippen LogP) is 2.24. The Morgan fingerprint density at radius 2 is 1.67 bits per heavy atom. The van der Waals surface area contributed by atoms with Gasteiger partial charge in [0.15, 0.2) is 0 Å². The number of anilines is 1. The number of piperidine rings is 1. The molecule has 2 atom stereocenters. The molecule has 0 spiro atoms. The zero-order valence-corrected chi connectivity index (χ0v) is 16.3. The highest BCUT2D eigenvalue weighted by Crippen LogP contribution is 2.30. The van der Waals surface area contributed by atoms with E-state index in [1.807, 2.05) is 36.4 Å². The number of hydrogen-bond donors (Lipinski definition) is 3. The first-order valence-electron chi connectivity index (χ1n) is 9.80. The molecular weight excluding hydrogens is 386 g/mol. The number of hydroxylamine groups is 2. The van der Waals surface area contributed by atoms with Gasteiger partial charge >= 0.3 is 12.1 Å². The Labute approximate surface area is 173 Å². The first kappa shape index (κ1) is 19.7. The SMILES string of the molecule is O=C(NNC(=O)C1CCC2CN1C(=O)N2OCc1ccccc1)Nc1ccccc1. The Kier molecular flexibility index (Phi) is 5.80. The third-order valence-electron chi connectivity index (χ3n) is 5.17. The van der Waals surface area contributed by atoms with Crippen molar-refractivity contribution in [3.8, 4) is 0 Å². The second kappa shape index (κ2) is 8.83. The van der Waals surface area contributed by atoms with Crippen molar-refractivity contribution in [1.29, 1.82) is 0 Å². The largest absolute Gasteiger partial charge is 0.345 e. The van der Waals surface area contributed by atoms with Crippen LogP contribution in [0.4, 0.5) is 15.3 Å². The number of carbonyl (C=O) groups is 3. The zero-order valence-electron chi connectivity index (χ0n) is 16.3. The molecule has 9 heteroatoms. The molecule has 0 aliphatic carbocycles. The van der Waals surface area contributed by atoms with Crippen LogP contribution in [-0.2, 0) is 16.2 Å². The van der Waals surface area contributed by atoms with Crippen LogP contribution in [0.1, 0.15) is 18.4 Å². The van der Waals surface area contributed by atoms with Crippen molar-refractivity contribution in [3.05, 3.63) is 66.2 Å². The molecule has 2 aliphatic heterocycles. The molecule has 4 rings (SSSR count). The van der Waals surface area contributed by atoms with Gasteiger partial charge in [0.1, 0.15) is 12.6 Å². The molecule has 0 aromatic heterocycles. The lowest BCUT2D eigenvalue weighted by Gasteiger charge is -2.29. The highest BCUT2D eigenvalue weighted by molar-refractivity contribution is 5.93. The number of nitrogens with zero attached hydrogens (tertiary/aromatic N) is 2. The van der Waals surface area contributed by atoms with Crippen LogP contribution in [-0.4, -0.2) is 46.6 Å². The number of carbonyl (C=O) groups excluding carboxylic acids is 3. The molecular formula is C21H23N5O4. The Bertz CT molecular complexity index is 908. The molecule has 2 saturated heterocycles. The van der Waals surface area contributed by atoms with Crippen molar-refractivity contribution < 1.29 is 19.2 Å². The summed E-state index contributed by atoms with van der Waals surface area (Å²) in [5, 5.41) is 3.98. The number of nitrogens with one attached hydrogen (secondary N) is 3. The molecule has 5 amide bonds. The second-order valence-electron chi connectivity index (χ2n) is 7.20. The Balaban J connectivity index is 1.29. The quantitative estimate of drug-likeness (QED) is 0.659. The fourth-order valence-electron chi connectivity index (χ4n) is 3.67. The fourth-order valence-corrected chi connectivity index (χ4v) is 3.67. The molecule has 0 radical (unpaired) electrons. The predicted molar refractivity (Wildman–Crippen MR) is 109 cm³/mol. The maximum atomic E-state index is 12.7. The van der Waals surface area contributed by atoms with Crippen molar-refractivity contribution in [3.63, 3.8) is 0 Å². The molecule has 0 saturated carbocycles. The standard InChI is InChI=1S/C21H23N5O4/c27-19(23-24-20(28)22-16-9-5-2-6-10-16)18-12-11-17-13-25(18)21(29)26(17)30-14-15-7-3-1-4-8-15/h1-10,17-18H,11-14H2,(H,23,27)(H2,22,24,28). The average molecular weight is 409 g/mol. The molecule has 9 nitrogen and oxygen atoms in total. The molecule has 30 heavy (non-hydrogen) atoms. The summed E-state index contributed by atoms with van der Waals surface area (Å²) in [5.74, 6) is -0.435. The molecule has 2 fully saturated rings. The smallest absolute Gasteiger partial charge is 0.309 e. The highest BCUT2D eigenvalue weighted by Gasteiger charge is 2.48. The van der Waals surface area contributed by atoms with E-state index in [4.69, 9.17) is 4.84 Å². The number of hydrazine groups is 1. The van der Waals surface area contributed by atoms with Gasteiger partial charge in [0.25, 0.3) is 5.91 Å². The van der Waals surface area contributed by atoms with E-state index in [9.17, 15) is 14.4 Å². The molecule has 2 aromatic rings. The van der Waals surface area contributed by atoms with Crippen LogP contribution in [0.15, 0.2) is 60.7 Å². The summed E-state index contributed by atoms with van der Waals surface area (Å²) < 4.78 is 0. The van der Waals surface area contributed by atoms with Crippen molar-refractivity contribution in [2.75, 3.05) is 11.9 Å². The maximum Gasteiger partial charge on any atom is 0.345 e. The van der Waals surface area contributed by atoms with Crippen molar-refractivity contribution in [2.45, 2.75) is 31.5 Å². The van der Waals surface area contributed by atoms with E-state index in [0.717, 1.165) is 5.56 Å². The molecule has 2 unspecified atom stereocenters. The van der Waals surface area contributed by atoms with E-state index in [0.29, 0.717) is 25.1 Å². The summed E-state index contributed by atoms with van der Waals surface area (Å²) in [7, 11) is 0. The maximum absolute atomic E-state index is 12.7. The van der Waals surface area contributed by atoms with Gasteiger partial charge in [0, 0.05) is 12.2 Å². The summed E-state index contributed by atoms with van der Waals surface area (Å²) >= 11 is 0. The normalized spacial score (nSPS) is 20.1. The van der Waals surface area contributed by atoms with Gasteiger partial charge in [0.05, 0.1) is 6.04 Å². The fraction of sp³-hybridized carbons (Fsp3) is 0.286. The number of fused-ring (bicyclic) bond motifs is 2. The average Bonchev–Trinajstić information content (AvgIpc) is 3.01. The molecule has 2 bridgehead atoms. The van der Waals surface area contributed by atoms with Gasteiger partial charge < -0.3 is 10.2 Å². The number of amides is 5. The van der Waals surface area contributed by atoms with Gasteiger partial charge in [-0.3, -0.25) is 15.1 Å². The topological polar surface area (TPSA) is 103 Å². The van der Waals surface area contributed by atoms with E-state index in [1.54, 1.807) is 24.3 Å². The number of hydrogen-bond acceptors (Lipinski definition) is 4. The minimum absolute atomic E-state index is 0.0837. The zero-order chi connectivity index (χ0) is 20.9. The van der Waals surface area contributed by atoms with Crippen molar-refractivity contribution >= 4 is 23.7 Å². The monoisotopic (exact) mass is 409 g/mol. The van der Waals surface area contributed by atoms with Crippen LogP contribution in [0, 0.1) is 0 Å². The number of urea groups is 2. The minimum Gasteiger partial charge on any atom is -0.309 e. The second-order valence-corrected chi connectivity index (χ2v) is 7.20. The van der Waals surface area contributed by atoms with Gasteiger partial charge in [-0.15, -0.1) is 0 Å². The molecule has 2 heterocycles. The van der Waals surface area contributed by atoms with Crippen LogP contribution < -0.4 is 16.2 Å². The van der Waals surface area contributed by atoms with E-state index >= 15 is 0 Å². The number of para-hydroxylation sites is 1. The van der Waals surface area contributed by atoms with Crippen LogP contribution in [0.25, 0.3) is 0 Å². The third kappa shape index (κ3) is 4.36. The van der Waals surface area contributed by atoms with Crippen LogP contribution >= 0.6 is 0 Å². The van der Waals surface area contributed by atoms with Gasteiger partial charge in [-0.05, 0) is 30.5 Å². The van der Waals surface area contributed by atoms with Crippen LogP contribution in [0.2, 0.25) is 0 Å². The van der Waals surface area contributed by atoms with Crippen LogP contribution in [0.3, 0.4) is 0 Å². The molecule has 156 valence electrons. The van der Waals surface area contributed by atoms with Crippen LogP contribution in [0.5, 0.6) is 0 Å². The summed E-state index contributed by atoms with van der Waals surface area (Å²) in [6.07, 6.45) is 1.14. The Hall–Kier alpha value is -3.59. The molecule has 2 aromatic carbocycles.